The average Bonchev–Trinajstić information content (AvgIpc) is 3.11. The van der Waals surface area contributed by atoms with E-state index in [0.29, 0.717) is 5.69 Å². The van der Waals surface area contributed by atoms with Crippen LogP contribution < -0.4 is 56.7 Å². The van der Waals surface area contributed by atoms with E-state index in [2.05, 4.69) is 48.5 Å². The number of carbonyl (C=O) groups excluding carboxylic acids is 1. The summed E-state index contributed by atoms with van der Waals surface area (Å²) in [4.78, 5) is 15.9. The molecule has 1 aromatic carbocycles. The summed E-state index contributed by atoms with van der Waals surface area (Å²) in [5.41, 5.74) is 2.06. The van der Waals surface area contributed by atoms with E-state index < -0.39 is 0 Å². The van der Waals surface area contributed by atoms with Gasteiger partial charge in [-0.3, -0.25) is 4.79 Å². The summed E-state index contributed by atoms with van der Waals surface area (Å²) in [6, 6.07) is 17.1. The van der Waals surface area contributed by atoms with E-state index in [1.165, 1.54) is 0 Å². The fraction of sp³-hybridized carbons (Fsp3) is 0.250. The molecule has 2 aromatic heterocycles. The standard InChI is InChI=1S/C13H11N2O.C7H10NO.K/c1-10-6-5-9-12(14-10)13(16)15-11-7-3-2-4-8-11;1-7(2,3)6-4-5-8-9-6;/h3-9H,1H3,(H,15,16);4H,1-3H3;/q2*-1;+1. The molecular formula is C20H21KN3O2-. The van der Waals surface area contributed by atoms with Crippen molar-refractivity contribution in [2.75, 3.05) is 5.32 Å². The van der Waals surface area contributed by atoms with E-state index >= 15 is 0 Å². The van der Waals surface area contributed by atoms with Crippen LogP contribution in [0.15, 0.2) is 53.1 Å². The van der Waals surface area contributed by atoms with Crippen molar-refractivity contribution in [3.05, 3.63) is 77.9 Å². The van der Waals surface area contributed by atoms with Crippen LogP contribution in [-0.4, -0.2) is 16.0 Å². The Labute approximate surface area is 197 Å². The topological polar surface area (TPSA) is 68.0 Å². The third-order valence-electron chi connectivity index (χ3n) is 3.23. The molecule has 3 rings (SSSR count). The number of nitrogens with zero attached hydrogens (tertiary/aromatic N) is 2. The van der Waals surface area contributed by atoms with Gasteiger partial charge in [-0.25, -0.2) is 10.1 Å². The Morgan fingerprint density at radius 1 is 1.15 bits per heavy atom. The van der Waals surface area contributed by atoms with E-state index in [4.69, 9.17) is 4.52 Å². The average molecular weight is 375 g/mol. The van der Waals surface area contributed by atoms with Gasteiger partial charge < -0.3 is 9.84 Å². The smallest absolute Gasteiger partial charge is 0.470 e. The molecule has 1 N–H and O–H groups in total. The normalized spacial score (nSPS) is 10.2. The van der Waals surface area contributed by atoms with Crippen LogP contribution in [0.2, 0.25) is 0 Å². The van der Waals surface area contributed by atoms with Crippen molar-refractivity contribution in [3.63, 3.8) is 0 Å². The second kappa shape index (κ2) is 10.7. The fourth-order valence-corrected chi connectivity index (χ4v) is 1.88. The van der Waals surface area contributed by atoms with Crippen LogP contribution in [0.25, 0.3) is 0 Å². The molecule has 0 fully saturated rings. The van der Waals surface area contributed by atoms with Crippen molar-refractivity contribution < 1.29 is 60.7 Å². The Hall–Kier alpha value is -1.31. The Morgan fingerprint density at radius 2 is 1.85 bits per heavy atom. The zero-order valence-electron chi connectivity index (χ0n) is 15.8. The third kappa shape index (κ3) is 7.51. The number of nitrogens with one attached hydrogen (secondary N) is 1. The Kier molecular flexibility index (Phi) is 9.39. The molecule has 2 heterocycles. The molecule has 0 aliphatic rings. The largest absolute Gasteiger partial charge is 1.00 e. The molecule has 6 heteroatoms. The maximum atomic E-state index is 11.8. The number of aromatic nitrogens is 2. The van der Waals surface area contributed by atoms with Gasteiger partial charge in [-0.2, -0.15) is 24.3 Å². The molecule has 0 radical (unpaired) electrons. The monoisotopic (exact) mass is 374 g/mol. The number of hydrogen-bond acceptors (Lipinski definition) is 4. The van der Waals surface area contributed by atoms with E-state index in [1.54, 1.807) is 36.4 Å². The maximum Gasteiger partial charge on any atom is 1.00 e. The van der Waals surface area contributed by atoms with E-state index in [9.17, 15) is 4.79 Å². The molecule has 0 spiro atoms. The summed E-state index contributed by atoms with van der Waals surface area (Å²) >= 11 is 0. The van der Waals surface area contributed by atoms with Gasteiger partial charge >= 0.3 is 51.4 Å². The summed E-state index contributed by atoms with van der Waals surface area (Å²) in [5, 5.41) is 6.25. The first-order valence-corrected chi connectivity index (χ1v) is 7.90. The summed E-state index contributed by atoms with van der Waals surface area (Å²) in [7, 11) is 0. The van der Waals surface area contributed by atoms with Crippen LogP contribution in [0.1, 0.15) is 42.7 Å². The predicted molar refractivity (Wildman–Crippen MR) is 96.2 cm³/mol. The molecule has 0 unspecified atom stereocenters. The van der Waals surface area contributed by atoms with Crippen LogP contribution in [0.5, 0.6) is 0 Å². The zero-order chi connectivity index (χ0) is 18.3. The third-order valence-corrected chi connectivity index (χ3v) is 3.23. The molecule has 0 aliphatic heterocycles. The van der Waals surface area contributed by atoms with Gasteiger partial charge in [-0.15, -0.1) is 18.3 Å². The molecule has 130 valence electrons. The second-order valence-corrected chi connectivity index (χ2v) is 6.48. The Morgan fingerprint density at radius 3 is 2.35 bits per heavy atom. The molecule has 1 amide bonds. The van der Waals surface area contributed by atoms with Crippen molar-refractivity contribution in [2.45, 2.75) is 33.1 Å². The SMILES string of the molecule is CC(C)(C)c1c[c-]no1.Cc1cccc(C(=O)Nc2cc[c-]cc2)n1.[K+]. The first-order valence-electron chi connectivity index (χ1n) is 7.90. The number of benzene rings is 1. The van der Waals surface area contributed by atoms with Gasteiger partial charge in [0.15, 0.2) is 0 Å². The molecule has 0 aliphatic carbocycles. The molecule has 26 heavy (non-hydrogen) atoms. The minimum Gasteiger partial charge on any atom is -0.470 e. The van der Waals surface area contributed by atoms with Gasteiger partial charge in [0.05, 0.1) is 0 Å². The number of amides is 1. The van der Waals surface area contributed by atoms with Crippen molar-refractivity contribution in [2.24, 2.45) is 0 Å². The van der Waals surface area contributed by atoms with Gasteiger partial charge in [-0.1, -0.05) is 32.5 Å². The van der Waals surface area contributed by atoms with Gasteiger partial charge in [0.2, 0.25) is 0 Å². The molecule has 0 atom stereocenters. The second-order valence-electron chi connectivity index (χ2n) is 6.48. The molecule has 3 aromatic rings. The van der Waals surface area contributed by atoms with Gasteiger partial charge in [-0.05, 0) is 30.2 Å². The summed E-state index contributed by atoms with van der Waals surface area (Å²) < 4.78 is 4.89. The van der Waals surface area contributed by atoms with Crippen molar-refractivity contribution in [1.29, 1.82) is 0 Å². The van der Waals surface area contributed by atoms with Gasteiger partial charge in [0.1, 0.15) is 5.69 Å². The van der Waals surface area contributed by atoms with Crippen LogP contribution in [0.4, 0.5) is 5.69 Å². The first-order chi connectivity index (χ1) is 11.9. The van der Waals surface area contributed by atoms with E-state index in [0.717, 1.165) is 17.1 Å². The van der Waals surface area contributed by atoms with E-state index in [1.807, 2.05) is 19.1 Å². The van der Waals surface area contributed by atoms with Crippen molar-refractivity contribution in [3.8, 4) is 0 Å². The summed E-state index contributed by atoms with van der Waals surface area (Å²) in [6.45, 7) is 8.07. The molecule has 0 saturated carbocycles. The number of hydrogen-bond donors (Lipinski definition) is 1. The van der Waals surface area contributed by atoms with Crippen LogP contribution in [-0.2, 0) is 5.41 Å². The van der Waals surface area contributed by atoms with Crippen LogP contribution in [0.3, 0.4) is 0 Å². The fourth-order valence-electron chi connectivity index (χ4n) is 1.88. The minimum atomic E-state index is -0.199. The molecule has 0 saturated heterocycles. The zero-order valence-corrected chi connectivity index (χ0v) is 19.0. The number of rotatable bonds is 2. The Bertz CT molecular complexity index is 797. The van der Waals surface area contributed by atoms with E-state index in [-0.39, 0.29) is 62.7 Å². The van der Waals surface area contributed by atoms with Crippen LogP contribution in [0, 0.1) is 19.2 Å². The summed E-state index contributed by atoms with van der Waals surface area (Å²) in [6.07, 6.45) is 2.62. The number of anilines is 1. The quantitative estimate of drug-likeness (QED) is 0.541. The number of pyridine rings is 1. The molecule has 5 nitrogen and oxygen atoms in total. The van der Waals surface area contributed by atoms with Crippen LogP contribution >= 0.6 is 0 Å². The maximum absolute atomic E-state index is 11.8. The van der Waals surface area contributed by atoms with Crippen molar-refractivity contribution >= 4 is 11.6 Å². The molecule has 0 bridgehead atoms. The van der Waals surface area contributed by atoms with Crippen molar-refractivity contribution in [1.82, 2.24) is 10.1 Å². The summed E-state index contributed by atoms with van der Waals surface area (Å²) in [5.74, 6) is 0.678. The van der Waals surface area contributed by atoms with Gasteiger partial charge in [0, 0.05) is 5.69 Å². The first kappa shape index (κ1) is 22.7. The minimum absolute atomic E-state index is 0. The predicted octanol–water partition coefficient (Wildman–Crippen LogP) is 1.22. The van der Waals surface area contributed by atoms with Gasteiger partial charge in [0.25, 0.3) is 5.91 Å². The Balaban J connectivity index is 0.000000290. The number of carbonyl (C=O) groups is 1. The number of aryl methyl sites for hydroxylation is 1. The molecular weight excluding hydrogens is 353 g/mol.